The van der Waals surface area contributed by atoms with Crippen molar-refractivity contribution in [2.45, 2.75) is 64.5 Å². The number of nitrogens with zero attached hydrogens (tertiary/aromatic N) is 3. The molecule has 1 aromatic heterocycles. The van der Waals surface area contributed by atoms with Gasteiger partial charge in [0, 0.05) is 45.0 Å². The average Bonchev–Trinajstić information content (AvgIpc) is 2.73. The summed E-state index contributed by atoms with van der Waals surface area (Å²) in [4.78, 5) is 38.5. The second-order valence-corrected chi connectivity index (χ2v) is 11.1. The highest BCUT2D eigenvalue weighted by atomic mass is 32.2. The van der Waals surface area contributed by atoms with E-state index in [2.05, 4.69) is 5.32 Å². The predicted octanol–water partition coefficient (Wildman–Crippen LogP) is 1.64. The molecular weight excluding hydrogens is 448 g/mol. The molecule has 0 atom stereocenters. The van der Waals surface area contributed by atoms with Gasteiger partial charge in [0.15, 0.2) is 0 Å². The average molecular weight is 485 g/mol. The quantitative estimate of drug-likeness (QED) is 0.599. The second kappa shape index (κ2) is 11.1. The zero-order chi connectivity index (χ0) is 24.8. The van der Waals surface area contributed by atoms with Crippen molar-refractivity contribution < 1.29 is 22.7 Å². The van der Waals surface area contributed by atoms with Crippen LogP contribution in [-0.2, 0) is 26.1 Å². The Balaban J connectivity index is 1.95. The molecule has 11 heteroatoms. The first-order chi connectivity index (χ1) is 15.4. The van der Waals surface area contributed by atoms with Crippen molar-refractivity contribution in [1.29, 1.82) is 0 Å². The van der Waals surface area contributed by atoms with E-state index in [-0.39, 0.29) is 23.3 Å². The highest BCUT2D eigenvalue weighted by Crippen LogP contribution is 2.18. The number of hydrogen-bond acceptors (Lipinski definition) is 6. The largest absolute Gasteiger partial charge is 0.444 e. The Kier molecular flexibility index (Phi) is 9.07. The molecular formula is C22H36N4O6S. The second-order valence-electron chi connectivity index (χ2n) is 9.13. The molecule has 0 bridgehead atoms. The first kappa shape index (κ1) is 26.8. The highest BCUT2D eigenvalue weighted by molar-refractivity contribution is 7.89. The molecule has 1 aliphatic heterocycles. The van der Waals surface area contributed by atoms with Crippen LogP contribution >= 0.6 is 0 Å². The van der Waals surface area contributed by atoms with Crippen LogP contribution in [0.25, 0.3) is 0 Å². The third kappa shape index (κ3) is 7.56. The number of aromatic nitrogens is 1. The Bertz CT molecular complexity index is 987. The van der Waals surface area contributed by atoms with Crippen LogP contribution in [0.3, 0.4) is 0 Å². The fourth-order valence-corrected chi connectivity index (χ4v) is 5.15. The standard InChI is InChI=1S/C22H36N4O6S/c1-6-26(7-2)33(30,31)18-8-9-19(27)25(15-18)16-20(28)24-12-10-17(11-13-24)14-23-21(29)32-22(3,4)5/h8-9,15,17H,6-7,10-14,16H2,1-5H3,(H,23,29). The fraction of sp³-hybridized carbons (Fsp3) is 0.682. The third-order valence-corrected chi connectivity index (χ3v) is 7.54. The molecule has 0 spiro atoms. The molecule has 10 nitrogen and oxygen atoms in total. The van der Waals surface area contributed by atoms with Crippen molar-refractivity contribution >= 4 is 22.0 Å². The molecule has 1 aliphatic rings. The highest BCUT2D eigenvalue weighted by Gasteiger charge is 2.26. The Morgan fingerprint density at radius 1 is 1.15 bits per heavy atom. The summed E-state index contributed by atoms with van der Waals surface area (Å²) in [5.74, 6) is -0.0140. The van der Waals surface area contributed by atoms with E-state index in [0.29, 0.717) is 45.6 Å². The van der Waals surface area contributed by atoms with Gasteiger partial charge in [-0.3, -0.25) is 9.59 Å². The maximum absolute atomic E-state index is 12.8. The smallest absolute Gasteiger partial charge is 0.407 e. The lowest BCUT2D eigenvalue weighted by Gasteiger charge is -2.32. The van der Waals surface area contributed by atoms with Crippen LogP contribution in [0.15, 0.2) is 28.0 Å². The first-order valence-electron chi connectivity index (χ1n) is 11.3. The molecule has 33 heavy (non-hydrogen) atoms. The van der Waals surface area contributed by atoms with E-state index in [1.165, 1.54) is 22.6 Å². The van der Waals surface area contributed by atoms with Crippen LogP contribution in [-0.4, -0.2) is 72.5 Å². The normalized spacial score (nSPS) is 15.5. The number of amides is 2. The van der Waals surface area contributed by atoms with E-state index in [4.69, 9.17) is 4.74 Å². The van der Waals surface area contributed by atoms with Gasteiger partial charge in [-0.05, 0) is 45.6 Å². The summed E-state index contributed by atoms with van der Waals surface area (Å²) in [6.45, 7) is 10.8. The molecule has 0 radical (unpaired) electrons. The number of likely N-dealkylation sites (tertiary alicyclic amines) is 1. The lowest BCUT2D eigenvalue weighted by Crippen LogP contribution is -2.44. The summed E-state index contributed by atoms with van der Waals surface area (Å²) < 4.78 is 33.2. The summed E-state index contributed by atoms with van der Waals surface area (Å²) in [6, 6.07) is 2.46. The van der Waals surface area contributed by atoms with Crippen molar-refractivity contribution in [3.63, 3.8) is 0 Å². The van der Waals surface area contributed by atoms with Gasteiger partial charge in [0.05, 0.1) is 4.90 Å². The number of rotatable bonds is 8. The Morgan fingerprint density at radius 2 is 1.76 bits per heavy atom. The monoisotopic (exact) mass is 484 g/mol. The van der Waals surface area contributed by atoms with Gasteiger partial charge in [-0.2, -0.15) is 4.31 Å². The minimum Gasteiger partial charge on any atom is -0.444 e. The van der Waals surface area contributed by atoms with E-state index < -0.39 is 27.3 Å². The number of carbonyl (C=O) groups is 2. The number of pyridine rings is 1. The molecule has 0 aromatic carbocycles. The van der Waals surface area contributed by atoms with Crippen LogP contribution in [0, 0.1) is 5.92 Å². The van der Waals surface area contributed by atoms with Gasteiger partial charge < -0.3 is 19.5 Å². The summed E-state index contributed by atoms with van der Waals surface area (Å²) in [5.41, 5.74) is -0.988. The van der Waals surface area contributed by atoms with Gasteiger partial charge in [0.25, 0.3) is 5.56 Å². The van der Waals surface area contributed by atoms with Gasteiger partial charge in [-0.1, -0.05) is 13.8 Å². The lowest BCUT2D eigenvalue weighted by atomic mass is 9.97. The third-order valence-electron chi connectivity index (χ3n) is 5.51. The molecule has 1 saturated heterocycles. The van der Waals surface area contributed by atoms with Gasteiger partial charge in [0.1, 0.15) is 12.1 Å². The van der Waals surface area contributed by atoms with E-state index in [1.807, 2.05) is 0 Å². The summed E-state index contributed by atoms with van der Waals surface area (Å²) in [6.07, 6.45) is 2.21. The molecule has 0 saturated carbocycles. The summed E-state index contributed by atoms with van der Waals surface area (Å²) in [7, 11) is -3.73. The number of hydrogen-bond donors (Lipinski definition) is 1. The van der Waals surface area contributed by atoms with Crippen molar-refractivity contribution in [2.75, 3.05) is 32.7 Å². The first-order valence-corrected chi connectivity index (χ1v) is 12.8. The zero-order valence-corrected chi connectivity index (χ0v) is 21.0. The van der Waals surface area contributed by atoms with Gasteiger partial charge in [-0.15, -0.1) is 0 Å². The van der Waals surface area contributed by atoms with Crippen LogP contribution in [0.4, 0.5) is 4.79 Å². The molecule has 2 amide bonds. The van der Waals surface area contributed by atoms with Gasteiger partial charge in [0.2, 0.25) is 15.9 Å². The number of alkyl carbamates (subject to hydrolysis) is 1. The number of carbonyl (C=O) groups excluding carboxylic acids is 2. The minimum atomic E-state index is -3.73. The molecule has 186 valence electrons. The zero-order valence-electron chi connectivity index (χ0n) is 20.2. The van der Waals surface area contributed by atoms with E-state index in [9.17, 15) is 22.8 Å². The molecule has 1 fully saturated rings. The van der Waals surface area contributed by atoms with Gasteiger partial charge >= 0.3 is 6.09 Å². The molecule has 0 unspecified atom stereocenters. The molecule has 1 aromatic rings. The topological polar surface area (TPSA) is 118 Å². The van der Waals surface area contributed by atoms with Crippen LogP contribution in [0.2, 0.25) is 0 Å². The summed E-state index contributed by atoms with van der Waals surface area (Å²) in [5, 5.41) is 2.77. The lowest BCUT2D eigenvalue weighted by molar-refractivity contribution is -0.133. The maximum atomic E-state index is 12.8. The van der Waals surface area contributed by atoms with E-state index in [0.717, 1.165) is 4.57 Å². The SMILES string of the molecule is CCN(CC)S(=O)(=O)c1ccc(=O)n(CC(=O)N2CCC(CNC(=O)OC(C)(C)C)CC2)c1. The number of nitrogens with one attached hydrogen (secondary N) is 1. The number of ether oxygens (including phenoxy) is 1. The molecule has 1 N–H and O–H groups in total. The van der Waals surface area contributed by atoms with Crippen LogP contribution in [0.1, 0.15) is 47.5 Å². The minimum absolute atomic E-state index is 0.00877. The molecule has 0 aliphatic carbocycles. The van der Waals surface area contributed by atoms with Gasteiger partial charge in [-0.25, -0.2) is 13.2 Å². The Hall–Kier alpha value is -2.40. The van der Waals surface area contributed by atoms with Crippen molar-refractivity contribution in [1.82, 2.24) is 19.1 Å². The number of sulfonamides is 1. The molecule has 2 rings (SSSR count). The van der Waals surface area contributed by atoms with Crippen molar-refractivity contribution in [3.05, 3.63) is 28.7 Å². The van der Waals surface area contributed by atoms with Crippen LogP contribution in [0.5, 0.6) is 0 Å². The van der Waals surface area contributed by atoms with E-state index >= 15 is 0 Å². The Labute approximate surface area is 195 Å². The maximum Gasteiger partial charge on any atom is 0.407 e. The van der Waals surface area contributed by atoms with Crippen molar-refractivity contribution in [3.8, 4) is 0 Å². The summed E-state index contributed by atoms with van der Waals surface area (Å²) >= 11 is 0. The molecule has 2 heterocycles. The van der Waals surface area contributed by atoms with Crippen molar-refractivity contribution in [2.24, 2.45) is 5.92 Å². The predicted molar refractivity (Wildman–Crippen MR) is 124 cm³/mol. The Morgan fingerprint density at radius 3 is 2.30 bits per heavy atom. The number of piperidine rings is 1. The fourth-order valence-electron chi connectivity index (χ4n) is 3.67. The van der Waals surface area contributed by atoms with E-state index in [1.54, 1.807) is 39.5 Å². The van der Waals surface area contributed by atoms with Crippen LogP contribution < -0.4 is 10.9 Å².